The largest absolute Gasteiger partial charge is 0.310 e. The van der Waals surface area contributed by atoms with Gasteiger partial charge in [0, 0.05) is 11.1 Å². The number of hydrogen-bond acceptors (Lipinski definition) is 1. The van der Waals surface area contributed by atoms with Gasteiger partial charge in [-0.05, 0) is 55.8 Å². The molecule has 0 radical (unpaired) electrons. The van der Waals surface area contributed by atoms with Gasteiger partial charge in [0.25, 0.3) is 0 Å². The first-order valence-electron chi connectivity index (χ1n) is 7.68. The molecule has 1 fully saturated rings. The molecule has 1 saturated carbocycles. The van der Waals surface area contributed by atoms with Crippen LogP contribution in [0.1, 0.15) is 57.6 Å². The Morgan fingerprint density at radius 3 is 2.53 bits per heavy atom. The molecule has 0 heterocycles. The van der Waals surface area contributed by atoms with Gasteiger partial charge in [0.05, 0.1) is 0 Å². The van der Waals surface area contributed by atoms with E-state index in [1.54, 1.807) is 0 Å². The number of hydrogen-bond donors (Lipinski definition) is 1. The Labute approximate surface area is 122 Å². The SMILES string of the molecule is CCC1CCC(CNC(C)c2cccc(Cl)c2)CC1. The Bertz CT molecular complexity index is 383. The van der Waals surface area contributed by atoms with E-state index in [0.29, 0.717) is 6.04 Å². The molecule has 106 valence electrons. The maximum atomic E-state index is 6.04. The molecule has 0 spiro atoms. The van der Waals surface area contributed by atoms with Crippen LogP contribution in [0.3, 0.4) is 0 Å². The van der Waals surface area contributed by atoms with Gasteiger partial charge in [0.2, 0.25) is 0 Å². The first kappa shape index (κ1) is 14.9. The normalized spacial score (nSPS) is 25.2. The zero-order valence-electron chi connectivity index (χ0n) is 12.2. The van der Waals surface area contributed by atoms with Crippen molar-refractivity contribution < 1.29 is 0 Å². The summed E-state index contributed by atoms with van der Waals surface area (Å²) in [5.41, 5.74) is 1.29. The average Bonchev–Trinajstić information content (AvgIpc) is 2.45. The fourth-order valence-corrected chi connectivity index (χ4v) is 3.28. The first-order valence-corrected chi connectivity index (χ1v) is 8.05. The topological polar surface area (TPSA) is 12.0 Å². The monoisotopic (exact) mass is 279 g/mol. The van der Waals surface area contributed by atoms with Crippen LogP contribution >= 0.6 is 11.6 Å². The molecular formula is C17H26ClN. The minimum absolute atomic E-state index is 0.391. The Kier molecular flexibility index (Phi) is 5.72. The van der Waals surface area contributed by atoms with Gasteiger partial charge in [-0.15, -0.1) is 0 Å². The van der Waals surface area contributed by atoms with E-state index in [0.717, 1.165) is 23.4 Å². The average molecular weight is 280 g/mol. The van der Waals surface area contributed by atoms with Crippen LogP contribution in [0.25, 0.3) is 0 Å². The number of nitrogens with one attached hydrogen (secondary N) is 1. The van der Waals surface area contributed by atoms with Crippen molar-refractivity contribution in [3.63, 3.8) is 0 Å². The Hall–Kier alpha value is -0.530. The summed E-state index contributed by atoms with van der Waals surface area (Å²) in [6, 6.07) is 8.57. The molecule has 19 heavy (non-hydrogen) atoms. The molecule has 0 aromatic heterocycles. The second-order valence-electron chi connectivity index (χ2n) is 5.98. The number of rotatable bonds is 5. The highest BCUT2D eigenvalue weighted by atomic mass is 35.5. The summed E-state index contributed by atoms with van der Waals surface area (Å²) in [5.74, 6) is 1.85. The summed E-state index contributed by atoms with van der Waals surface area (Å²) in [5, 5.41) is 4.50. The molecule has 1 aliphatic carbocycles. The predicted molar refractivity (Wildman–Crippen MR) is 83.6 cm³/mol. The maximum absolute atomic E-state index is 6.04. The summed E-state index contributed by atoms with van der Waals surface area (Å²) in [6.07, 6.45) is 7.00. The van der Waals surface area contributed by atoms with Crippen molar-refractivity contribution in [2.75, 3.05) is 6.54 Å². The lowest BCUT2D eigenvalue weighted by Gasteiger charge is -2.29. The molecule has 0 amide bonds. The summed E-state index contributed by atoms with van der Waals surface area (Å²) in [7, 11) is 0. The van der Waals surface area contributed by atoms with Crippen LogP contribution in [-0.2, 0) is 0 Å². The second-order valence-corrected chi connectivity index (χ2v) is 6.42. The van der Waals surface area contributed by atoms with E-state index in [9.17, 15) is 0 Å². The van der Waals surface area contributed by atoms with Crippen molar-refractivity contribution >= 4 is 11.6 Å². The summed E-state index contributed by atoms with van der Waals surface area (Å²) in [4.78, 5) is 0. The first-order chi connectivity index (χ1) is 9.19. The van der Waals surface area contributed by atoms with Crippen LogP contribution in [0.5, 0.6) is 0 Å². The lowest BCUT2D eigenvalue weighted by atomic mass is 9.81. The minimum Gasteiger partial charge on any atom is -0.310 e. The van der Waals surface area contributed by atoms with Crippen molar-refractivity contribution in [1.82, 2.24) is 5.32 Å². The second kappa shape index (κ2) is 7.31. The highest BCUT2D eigenvalue weighted by Gasteiger charge is 2.20. The van der Waals surface area contributed by atoms with Gasteiger partial charge in [-0.25, -0.2) is 0 Å². The summed E-state index contributed by atoms with van der Waals surface area (Å²) in [6.45, 7) is 5.69. The van der Waals surface area contributed by atoms with E-state index in [4.69, 9.17) is 11.6 Å². The lowest BCUT2D eigenvalue weighted by molar-refractivity contribution is 0.258. The third-order valence-electron chi connectivity index (χ3n) is 4.61. The molecule has 0 bridgehead atoms. The molecule has 1 aliphatic rings. The van der Waals surface area contributed by atoms with Crippen LogP contribution in [0.4, 0.5) is 0 Å². The van der Waals surface area contributed by atoms with Crippen molar-refractivity contribution in [1.29, 1.82) is 0 Å². The highest BCUT2D eigenvalue weighted by molar-refractivity contribution is 6.30. The van der Waals surface area contributed by atoms with Crippen LogP contribution in [0.15, 0.2) is 24.3 Å². The maximum Gasteiger partial charge on any atom is 0.0409 e. The molecule has 2 rings (SSSR count). The van der Waals surface area contributed by atoms with Crippen LogP contribution in [-0.4, -0.2) is 6.54 Å². The van der Waals surface area contributed by atoms with E-state index in [-0.39, 0.29) is 0 Å². The van der Waals surface area contributed by atoms with E-state index < -0.39 is 0 Å². The third kappa shape index (κ3) is 4.50. The molecular weight excluding hydrogens is 254 g/mol. The fourth-order valence-electron chi connectivity index (χ4n) is 3.08. The Balaban J connectivity index is 1.76. The smallest absolute Gasteiger partial charge is 0.0409 e. The van der Waals surface area contributed by atoms with Crippen molar-refractivity contribution in [3.05, 3.63) is 34.9 Å². The summed E-state index contributed by atoms with van der Waals surface area (Å²) >= 11 is 6.04. The molecule has 1 N–H and O–H groups in total. The number of halogens is 1. The van der Waals surface area contributed by atoms with E-state index in [1.807, 2.05) is 12.1 Å². The predicted octanol–water partition coefficient (Wildman–Crippen LogP) is 5.21. The fraction of sp³-hybridized carbons (Fsp3) is 0.647. The molecule has 1 aromatic rings. The van der Waals surface area contributed by atoms with Crippen LogP contribution in [0.2, 0.25) is 5.02 Å². The van der Waals surface area contributed by atoms with Gasteiger partial charge in [0.15, 0.2) is 0 Å². The van der Waals surface area contributed by atoms with Crippen molar-refractivity contribution in [2.24, 2.45) is 11.8 Å². The molecule has 1 atom stereocenters. The number of benzene rings is 1. The molecule has 1 unspecified atom stereocenters. The molecule has 1 nitrogen and oxygen atoms in total. The van der Waals surface area contributed by atoms with Gasteiger partial charge >= 0.3 is 0 Å². The molecule has 1 aromatic carbocycles. The Morgan fingerprint density at radius 2 is 1.89 bits per heavy atom. The van der Waals surface area contributed by atoms with E-state index in [1.165, 1.54) is 37.7 Å². The van der Waals surface area contributed by atoms with Gasteiger partial charge in [-0.3, -0.25) is 0 Å². The molecule has 0 aliphatic heterocycles. The van der Waals surface area contributed by atoms with E-state index >= 15 is 0 Å². The summed E-state index contributed by atoms with van der Waals surface area (Å²) < 4.78 is 0. The van der Waals surface area contributed by atoms with Crippen LogP contribution < -0.4 is 5.32 Å². The quantitative estimate of drug-likeness (QED) is 0.780. The zero-order valence-corrected chi connectivity index (χ0v) is 12.9. The van der Waals surface area contributed by atoms with E-state index in [2.05, 4.69) is 31.3 Å². The van der Waals surface area contributed by atoms with Gasteiger partial charge < -0.3 is 5.32 Å². The zero-order chi connectivity index (χ0) is 13.7. The third-order valence-corrected chi connectivity index (χ3v) is 4.84. The van der Waals surface area contributed by atoms with Crippen LogP contribution in [0, 0.1) is 11.8 Å². The standard InChI is InChI=1S/C17H26ClN/c1-3-14-7-9-15(10-8-14)12-19-13(2)16-5-4-6-17(18)11-16/h4-6,11,13-15,19H,3,7-10,12H2,1-2H3. The highest BCUT2D eigenvalue weighted by Crippen LogP contribution is 2.30. The molecule has 2 heteroatoms. The van der Waals surface area contributed by atoms with Gasteiger partial charge in [0.1, 0.15) is 0 Å². The van der Waals surface area contributed by atoms with Crippen molar-refractivity contribution in [2.45, 2.75) is 52.0 Å². The van der Waals surface area contributed by atoms with Gasteiger partial charge in [-0.1, -0.05) is 49.9 Å². The lowest BCUT2D eigenvalue weighted by Crippen LogP contribution is -2.28. The van der Waals surface area contributed by atoms with Gasteiger partial charge in [-0.2, -0.15) is 0 Å². The Morgan fingerprint density at radius 1 is 1.21 bits per heavy atom. The minimum atomic E-state index is 0.391. The molecule has 0 saturated heterocycles. The van der Waals surface area contributed by atoms with Crippen molar-refractivity contribution in [3.8, 4) is 0 Å².